The number of carbonyl (C=O) groups is 1. The summed E-state index contributed by atoms with van der Waals surface area (Å²) in [4.78, 5) is 19.9. The standard InChI is InChI=1S/C16H27N5O2/c1-9-5-6-10(7-12(9)22)19-14-11(13(17)23)8-18-15(20-14)21-16(2,3)4/h8-10,12,22H,5-7H2,1-4H3,(H2,17,23)(H2,18,19,20,21)/i7D2,9D,10D,12D. The number of hydrogen-bond acceptors (Lipinski definition) is 6. The second-order valence-corrected chi connectivity index (χ2v) is 6.55. The Bertz CT molecular complexity index is 781. The van der Waals surface area contributed by atoms with Crippen LogP contribution in [0.4, 0.5) is 11.8 Å². The third-order valence-electron chi connectivity index (χ3n) is 3.23. The molecule has 1 heterocycles. The van der Waals surface area contributed by atoms with Crippen LogP contribution in [0.15, 0.2) is 6.20 Å². The molecule has 1 aliphatic rings. The fraction of sp³-hybridized carbons (Fsp3) is 0.688. The smallest absolute Gasteiger partial charge is 0.254 e. The number of aromatic nitrogens is 2. The van der Waals surface area contributed by atoms with Gasteiger partial charge in [0.1, 0.15) is 5.82 Å². The normalized spacial score (nSPS) is 40.0. The zero-order valence-corrected chi connectivity index (χ0v) is 13.8. The average molecular weight is 326 g/mol. The summed E-state index contributed by atoms with van der Waals surface area (Å²) in [6.07, 6.45) is -4.90. The Morgan fingerprint density at radius 3 is 2.83 bits per heavy atom. The van der Waals surface area contributed by atoms with E-state index in [1.807, 2.05) is 20.8 Å². The van der Waals surface area contributed by atoms with E-state index in [1.54, 1.807) is 0 Å². The van der Waals surface area contributed by atoms with Crippen molar-refractivity contribution in [2.75, 3.05) is 10.6 Å². The van der Waals surface area contributed by atoms with E-state index in [0.29, 0.717) is 0 Å². The van der Waals surface area contributed by atoms with Gasteiger partial charge < -0.3 is 21.5 Å². The van der Waals surface area contributed by atoms with Crippen molar-refractivity contribution in [1.82, 2.24) is 9.97 Å². The molecule has 0 aliphatic heterocycles. The average Bonchev–Trinajstić information content (AvgIpc) is 2.50. The molecule has 0 bridgehead atoms. The van der Waals surface area contributed by atoms with Gasteiger partial charge in [-0.1, -0.05) is 6.92 Å². The molecule has 0 aromatic carbocycles. The second-order valence-electron chi connectivity index (χ2n) is 6.55. The SMILES string of the molecule is [2H]C1(C)CCC([2H])(Nc2nc(NC(C)(C)C)ncc2C(N)=O)C([2H])([2H])C1([2H])O. The molecule has 1 aromatic rings. The lowest BCUT2D eigenvalue weighted by atomic mass is 9.85. The number of nitrogens with zero attached hydrogens (tertiary/aromatic N) is 2. The Hall–Kier alpha value is -1.89. The Morgan fingerprint density at radius 2 is 2.22 bits per heavy atom. The molecule has 3 unspecified atom stereocenters. The monoisotopic (exact) mass is 326 g/mol. The van der Waals surface area contributed by atoms with Gasteiger partial charge in [0.25, 0.3) is 5.91 Å². The molecule has 7 heteroatoms. The Labute approximate surface area is 144 Å². The predicted molar refractivity (Wildman–Crippen MR) is 90.4 cm³/mol. The van der Waals surface area contributed by atoms with Crippen LogP contribution in [0.3, 0.4) is 0 Å². The van der Waals surface area contributed by atoms with E-state index in [1.165, 1.54) is 6.92 Å². The quantitative estimate of drug-likeness (QED) is 0.670. The van der Waals surface area contributed by atoms with Gasteiger partial charge in [0.15, 0.2) is 0 Å². The molecule has 1 saturated carbocycles. The van der Waals surface area contributed by atoms with Crippen LogP contribution in [-0.4, -0.2) is 38.6 Å². The van der Waals surface area contributed by atoms with Gasteiger partial charge in [-0.25, -0.2) is 4.98 Å². The largest absolute Gasteiger partial charge is 0.393 e. The molecule has 128 valence electrons. The molecule has 3 atom stereocenters. The first kappa shape index (κ1) is 11.6. The predicted octanol–water partition coefficient (Wildman–Crippen LogP) is 1.75. The van der Waals surface area contributed by atoms with E-state index >= 15 is 0 Å². The highest BCUT2D eigenvalue weighted by Gasteiger charge is 2.27. The van der Waals surface area contributed by atoms with Gasteiger partial charge in [-0.3, -0.25) is 4.79 Å². The van der Waals surface area contributed by atoms with Crippen LogP contribution in [0.1, 0.15) is 64.1 Å². The highest BCUT2D eigenvalue weighted by Crippen LogP contribution is 2.27. The van der Waals surface area contributed by atoms with Crippen LogP contribution in [0.5, 0.6) is 0 Å². The maximum Gasteiger partial charge on any atom is 0.254 e. The fourth-order valence-corrected chi connectivity index (χ4v) is 2.03. The molecule has 0 spiro atoms. The fourth-order valence-electron chi connectivity index (χ4n) is 2.03. The molecule has 1 aromatic heterocycles. The first-order valence-corrected chi connectivity index (χ1v) is 7.39. The minimum absolute atomic E-state index is 0.118. The molecule has 7 nitrogen and oxygen atoms in total. The number of carbonyl (C=O) groups excluding carboxylic acids is 1. The van der Waals surface area contributed by atoms with Gasteiger partial charge in [0, 0.05) is 21.9 Å². The summed E-state index contributed by atoms with van der Waals surface area (Å²) >= 11 is 0. The number of aliphatic hydroxyl groups is 1. The van der Waals surface area contributed by atoms with Crippen LogP contribution in [0.25, 0.3) is 0 Å². The molecule has 23 heavy (non-hydrogen) atoms. The molecule has 2 rings (SSSR count). The number of rotatable bonds is 4. The van der Waals surface area contributed by atoms with Gasteiger partial charge in [0.2, 0.25) is 5.95 Å². The maximum absolute atomic E-state index is 11.8. The van der Waals surface area contributed by atoms with E-state index in [2.05, 4.69) is 20.6 Å². The molecule has 0 saturated heterocycles. The zero-order chi connectivity index (χ0) is 21.8. The van der Waals surface area contributed by atoms with Crippen molar-refractivity contribution < 1.29 is 16.8 Å². The molecule has 1 amide bonds. The summed E-state index contributed by atoms with van der Waals surface area (Å²) in [6.45, 7) is 6.85. The number of amides is 1. The Kier molecular flexibility index (Phi) is 3.38. The third kappa shape index (κ3) is 4.79. The molecular weight excluding hydrogens is 294 g/mol. The highest BCUT2D eigenvalue weighted by molar-refractivity contribution is 5.97. The highest BCUT2D eigenvalue weighted by atomic mass is 16.3. The van der Waals surface area contributed by atoms with Crippen LogP contribution in [0.2, 0.25) is 0 Å². The van der Waals surface area contributed by atoms with Crippen molar-refractivity contribution in [3.8, 4) is 0 Å². The first-order valence-electron chi connectivity index (χ1n) is 9.89. The van der Waals surface area contributed by atoms with Crippen molar-refractivity contribution in [3.05, 3.63) is 11.8 Å². The molecule has 0 radical (unpaired) electrons. The van der Waals surface area contributed by atoms with Gasteiger partial charge in [-0.15, -0.1) is 0 Å². The van der Waals surface area contributed by atoms with Crippen molar-refractivity contribution >= 4 is 17.7 Å². The number of nitrogens with one attached hydrogen (secondary N) is 2. The molecular formula is C16H27N5O2. The summed E-state index contributed by atoms with van der Waals surface area (Å²) < 4.78 is 41.2. The number of anilines is 2. The Balaban J connectivity index is 2.50. The first-order chi connectivity index (χ1) is 12.4. The minimum Gasteiger partial charge on any atom is -0.393 e. The summed E-state index contributed by atoms with van der Waals surface area (Å²) in [5.41, 5.74) is 4.79. The van der Waals surface area contributed by atoms with E-state index < -0.39 is 35.8 Å². The van der Waals surface area contributed by atoms with E-state index in [9.17, 15) is 9.90 Å². The minimum atomic E-state index is -2.88. The lowest BCUT2D eigenvalue weighted by molar-refractivity contribution is 0.0739. The second kappa shape index (κ2) is 6.70. The molecule has 5 N–H and O–H groups in total. The number of primary amides is 1. The van der Waals surface area contributed by atoms with Crippen molar-refractivity contribution in [2.45, 2.75) is 64.5 Å². The van der Waals surface area contributed by atoms with Crippen molar-refractivity contribution in [2.24, 2.45) is 11.6 Å². The summed E-state index contributed by atoms with van der Waals surface area (Å²) in [5.74, 6) is -2.75. The summed E-state index contributed by atoms with van der Waals surface area (Å²) in [5, 5.41) is 16.0. The summed E-state index contributed by atoms with van der Waals surface area (Å²) in [7, 11) is 0. The van der Waals surface area contributed by atoms with Gasteiger partial charge in [-0.05, 0) is 45.9 Å². The third-order valence-corrected chi connectivity index (χ3v) is 3.23. The number of nitrogens with two attached hydrogens (primary N) is 1. The zero-order valence-electron chi connectivity index (χ0n) is 18.8. The van der Waals surface area contributed by atoms with E-state index in [0.717, 1.165) is 6.20 Å². The van der Waals surface area contributed by atoms with Crippen LogP contribution in [-0.2, 0) is 0 Å². The van der Waals surface area contributed by atoms with Crippen LogP contribution in [0, 0.1) is 5.89 Å². The molecule has 1 fully saturated rings. The van der Waals surface area contributed by atoms with E-state index in [-0.39, 0.29) is 30.2 Å². The lowest BCUT2D eigenvalue weighted by Gasteiger charge is -2.32. The van der Waals surface area contributed by atoms with Gasteiger partial charge >= 0.3 is 0 Å². The summed E-state index contributed by atoms with van der Waals surface area (Å²) in [6, 6.07) is -2.23. The van der Waals surface area contributed by atoms with E-state index in [4.69, 9.17) is 12.6 Å². The topological polar surface area (TPSA) is 113 Å². The van der Waals surface area contributed by atoms with Gasteiger partial charge in [0.05, 0.1) is 14.4 Å². The maximum atomic E-state index is 11.8. The van der Waals surface area contributed by atoms with Crippen LogP contribution < -0.4 is 16.4 Å². The lowest BCUT2D eigenvalue weighted by Crippen LogP contribution is -2.36. The Morgan fingerprint density at radius 1 is 1.52 bits per heavy atom. The van der Waals surface area contributed by atoms with Crippen LogP contribution >= 0.6 is 0 Å². The van der Waals surface area contributed by atoms with Gasteiger partial charge in [-0.2, -0.15) is 4.98 Å². The van der Waals surface area contributed by atoms with Crippen molar-refractivity contribution in [1.29, 1.82) is 0 Å². The molecule has 1 aliphatic carbocycles. The number of hydrogen-bond donors (Lipinski definition) is 4. The van der Waals surface area contributed by atoms with Crippen molar-refractivity contribution in [3.63, 3.8) is 0 Å².